The Bertz CT molecular complexity index is 693. The third kappa shape index (κ3) is 3.92. The standard InChI is InChI=1S/C16H19FN4S/c1-4-8-18-16(22)19-15-11(2)20-21(12(15)3)10-13-6-5-7-14(17)9-13/h4-7,9H,1,8,10H2,2-3H3,(H2,18,19,22). The molecule has 2 rings (SSSR count). The summed E-state index contributed by atoms with van der Waals surface area (Å²) in [6, 6.07) is 6.52. The molecule has 2 N–H and O–H groups in total. The summed E-state index contributed by atoms with van der Waals surface area (Å²) >= 11 is 5.22. The van der Waals surface area contributed by atoms with Gasteiger partial charge < -0.3 is 10.6 Å². The summed E-state index contributed by atoms with van der Waals surface area (Å²) < 4.78 is 15.1. The van der Waals surface area contributed by atoms with Gasteiger partial charge >= 0.3 is 0 Å². The van der Waals surface area contributed by atoms with Crippen LogP contribution in [0.2, 0.25) is 0 Å². The Kier molecular flexibility index (Phi) is 5.27. The van der Waals surface area contributed by atoms with Crippen LogP contribution in [0.3, 0.4) is 0 Å². The maximum absolute atomic E-state index is 13.3. The quantitative estimate of drug-likeness (QED) is 0.656. The van der Waals surface area contributed by atoms with Gasteiger partial charge in [0.05, 0.1) is 23.6 Å². The van der Waals surface area contributed by atoms with Crippen LogP contribution in [-0.2, 0) is 6.54 Å². The molecular weight excluding hydrogens is 299 g/mol. The lowest BCUT2D eigenvalue weighted by Crippen LogP contribution is -2.28. The second-order valence-electron chi connectivity index (χ2n) is 4.96. The van der Waals surface area contributed by atoms with Crippen molar-refractivity contribution in [3.63, 3.8) is 0 Å². The molecule has 0 fully saturated rings. The van der Waals surface area contributed by atoms with Crippen LogP contribution in [0.4, 0.5) is 10.1 Å². The van der Waals surface area contributed by atoms with Crippen LogP contribution in [0.15, 0.2) is 36.9 Å². The number of anilines is 1. The number of halogens is 1. The highest BCUT2D eigenvalue weighted by Crippen LogP contribution is 2.20. The van der Waals surface area contributed by atoms with Crippen LogP contribution >= 0.6 is 12.2 Å². The second-order valence-corrected chi connectivity index (χ2v) is 5.37. The third-order valence-electron chi connectivity index (χ3n) is 3.25. The number of aromatic nitrogens is 2. The zero-order valence-corrected chi connectivity index (χ0v) is 13.5. The zero-order chi connectivity index (χ0) is 16.1. The summed E-state index contributed by atoms with van der Waals surface area (Å²) in [6.45, 7) is 8.61. The molecule has 0 saturated heterocycles. The Labute approximate surface area is 135 Å². The molecule has 4 nitrogen and oxygen atoms in total. The van der Waals surface area contributed by atoms with E-state index in [4.69, 9.17) is 12.2 Å². The predicted molar refractivity (Wildman–Crippen MR) is 91.6 cm³/mol. The average Bonchev–Trinajstić information content (AvgIpc) is 2.73. The second kappa shape index (κ2) is 7.17. The number of rotatable bonds is 5. The third-order valence-corrected chi connectivity index (χ3v) is 3.49. The topological polar surface area (TPSA) is 41.9 Å². The normalized spacial score (nSPS) is 10.3. The fourth-order valence-corrected chi connectivity index (χ4v) is 2.35. The first-order valence-corrected chi connectivity index (χ1v) is 7.36. The average molecular weight is 318 g/mol. The van der Waals surface area contributed by atoms with Crippen LogP contribution in [0.5, 0.6) is 0 Å². The van der Waals surface area contributed by atoms with E-state index < -0.39 is 0 Å². The van der Waals surface area contributed by atoms with E-state index in [1.54, 1.807) is 12.1 Å². The Balaban J connectivity index is 2.16. The molecule has 1 heterocycles. The van der Waals surface area contributed by atoms with Gasteiger partial charge in [-0.2, -0.15) is 5.10 Å². The molecule has 22 heavy (non-hydrogen) atoms. The van der Waals surface area contributed by atoms with Crippen molar-refractivity contribution in [3.05, 3.63) is 59.7 Å². The first-order chi connectivity index (χ1) is 10.5. The molecule has 0 spiro atoms. The van der Waals surface area contributed by atoms with Gasteiger partial charge in [-0.25, -0.2) is 4.39 Å². The van der Waals surface area contributed by atoms with Gasteiger partial charge in [0, 0.05) is 6.54 Å². The lowest BCUT2D eigenvalue weighted by molar-refractivity contribution is 0.616. The molecule has 0 bridgehead atoms. The molecule has 0 aliphatic rings. The van der Waals surface area contributed by atoms with Gasteiger partial charge in [-0.3, -0.25) is 4.68 Å². The zero-order valence-electron chi connectivity index (χ0n) is 12.7. The van der Waals surface area contributed by atoms with Crippen molar-refractivity contribution in [1.29, 1.82) is 0 Å². The van der Waals surface area contributed by atoms with Crippen LogP contribution in [0.1, 0.15) is 17.0 Å². The number of nitrogens with one attached hydrogen (secondary N) is 2. The highest BCUT2D eigenvalue weighted by molar-refractivity contribution is 7.80. The van der Waals surface area contributed by atoms with Crippen LogP contribution in [0, 0.1) is 19.7 Å². The highest BCUT2D eigenvalue weighted by Gasteiger charge is 2.13. The van der Waals surface area contributed by atoms with Gasteiger partial charge in [0.1, 0.15) is 5.82 Å². The molecule has 1 aromatic heterocycles. The van der Waals surface area contributed by atoms with Gasteiger partial charge in [0.25, 0.3) is 0 Å². The van der Waals surface area contributed by atoms with Crippen LogP contribution < -0.4 is 10.6 Å². The van der Waals surface area contributed by atoms with Gasteiger partial charge in [-0.05, 0) is 43.8 Å². The molecule has 0 unspecified atom stereocenters. The number of nitrogens with zero attached hydrogens (tertiary/aromatic N) is 2. The van der Waals surface area contributed by atoms with E-state index in [1.807, 2.05) is 24.6 Å². The van der Waals surface area contributed by atoms with E-state index in [-0.39, 0.29) is 5.82 Å². The fraction of sp³-hybridized carbons (Fsp3) is 0.250. The summed E-state index contributed by atoms with van der Waals surface area (Å²) in [5.74, 6) is -0.243. The molecule has 116 valence electrons. The van der Waals surface area contributed by atoms with Crippen molar-refractivity contribution in [1.82, 2.24) is 15.1 Å². The van der Waals surface area contributed by atoms with Crippen molar-refractivity contribution in [2.75, 3.05) is 11.9 Å². The highest BCUT2D eigenvalue weighted by atomic mass is 32.1. The van der Waals surface area contributed by atoms with Crippen molar-refractivity contribution in [3.8, 4) is 0 Å². The van der Waals surface area contributed by atoms with Crippen molar-refractivity contribution in [2.45, 2.75) is 20.4 Å². The summed E-state index contributed by atoms with van der Waals surface area (Å²) in [6.07, 6.45) is 1.74. The van der Waals surface area contributed by atoms with E-state index in [2.05, 4.69) is 22.3 Å². The maximum Gasteiger partial charge on any atom is 0.171 e. The summed E-state index contributed by atoms with van der Waals surface area (Å²) in [7, 11) is 0. The van der Waals surface area contributed by atoms with E-state index in [9.17, 15) is 4.39 Å². The SMILES string of the molecule is C=CCNC(=S)Nc1c(C)nn(Cc2cccc(F)c2)c1C. The molecular formula is C16H19FN4S. The first-order valence-electron chi connectivity index (χ1n) is 6.95. The maximum atomic E-state index is 13.3. The lowest BCUT2D eigenvalue weighted by Gasteiger charge is -2.10. The Hall–Kier alpha value is -2.21. The number of thiocarbonyl (C=S) groups is 1. The van der Waals surface area contributed by atoms with Gasteiger partial charge in [-0.15, -0.1) is 6.58 Å². The first kappa shape index (κ1) is 16.2. The molecule has 0 atom stereocenters. The monoisotopic (exact) mass is 318 g/mol. The van der Waals surface area contributed by atoms with Gasteiger partial charge in [0.15, 0.2) is 5.11 Å². The minimum absolute atomic E-state index is 0.243. The lowest BCUT2D eigenvalue weighted by atomic mass is 10.2. The van der Waals surface area contributed by atoms with Crippen molar-refractivity contribution >= 4 is 23.0 Å². The molecule has 0 amide bonds. The number of aryl methyl sites for hydroxylation is 1. The van der Waals surface area contributed by atoms with Crippen LogP contribution in [-0.4, -0.2) is 21.4 Å². The van der Waals surface area contributed by atoms with E-state index in [0.717, 1.165) is 22.6 Å². The number of benzene rings is 1. The number of hydrogen-bond donors (Lipinski definition) is 2. The van der Waals surface area contributed by atoms with E-state index >= 15 is 0 Å². The van der Waals surface area contributed by atoms with Crippen molar-refractivity contribution in [2.24, 2.45) is 0 Å². The van der Waals surface area contributed by atoms with Crippen LogP contribution in [0.25, 0.3) is 0 Å². The summed E-state index contributed by atoms with van der Waals surface area (Å²) in [5.41, 5.74) is 3.53. The van der Waals surface area contributed by atoms with E-state index in [1.165, 1.54) is 12.1 Å². The molecule has 2 aromatic rings. The molecule has 6 heteroatoms. The molecule has 0 saturated carbocycles. The largest absolute Gasteiger partial charge is 0.359 e. The molecule has 0 aliphatic heterocycles. The smallest absolute Gasteiger partial charge is 0.171 e. The molecule has 0 radical (unpaired) electrons. The summed E-state index contributed by atoms with van der Waals surface area (Å²) in [5, 5.41) is 11.2. The van der Waals surface area contributed by atoms with Gasteiger partial charge in [-0.1, -0.05) is 18.2 Å². The van der Waals surface area contributed by atoms with Gasteiger partial charge in [0.2, 0.25) is 0 Å². The Morgan fingerprint density at radius 3 is 2.91 bits per heavy atom. The minimum Gasteiger partial charge on any atom is -0.359 e. The fourth-order valence-electron chi connectivity index (χ4n) is 2.16. The summed E-state index contributed by atoms with van der Waals surface area (Å²) in [4.78, 5) is 0. The molecule has 1 aromatic carbocycles. The Morgan fingerprint density at radius 2 is 2.23 bits per heavy atom. The van der Waals surface area contributed by atoms with E-state index in [0.29, 0.717) is 18.2 Å². The molecule has 0 aliphatic carbocycles. The minimum atomic E-state index is -0.243. The predicted octanol–water partition coefficient (Wildman–Crippen LogP) is 3.16. The Morgan fingerprint density at radius 1 is 1.45 bits per heavy atom. The number of hydrogen-bond acceptors (Lipinski definition) is 2. The van der Waals surface area contributed by atoms with Crippen molar-refractivity contribution < 1.29 is 4.39 Å².